The molecule has 0 aliphatic carbocycles. The lowest BCUT2D eigenvalue weighted by Crippen LogP contribution is -1.97. The fraction of sp³-hybridized carbons (Fsp3) is 0.111. The molecule has 4 rings (SSSR count). The van der Waals surface area contributed by atoms with Crippen LogP contribution in [0.25, 0.3) is 11.1 Å². The summed E-state index contributed by atoms with van der Waals surface area (Å²) in [5.41, 5.74) is 3.87. The van der Waals surface area contributed by atoms with Gasteiger partial charge in [-0.1, -0.05) is 12.1 Å². The lowest BCUT2D eigenvalue weighted by atomic mass is 10.1. The van der Waals surface area contributed by atoms with E-state index in [4.69, 9.17) is 9.47 Å². The van der Waals surface area contributed by atoms with Crippen LogP contribution in [0.2, 0.25) is 0 Å². The number of nitrogens with one attached hydrogen (secondary N) is 2. The summed E-state index contributed by atoms with van der Waals surface area (Å²) in [7, 11) is 1.65. The lowest BCUT2D eigenvalue weighted by Gasteiger charge is -2.07. The van der Waals surface area contributed by atoms with Gasteiger partial charge in [0, 0.05) is 29.7 Å². The number of ether oxygens (including phenoxy) is 2. The molecule has 0 radical (unpaired) electrons. The summed E-state index contributed by atoms with van der Waals surface area (Å²) >= 11 is 0. The van der Waals surface area contributed by atoms with E-state index in [1.807, 2.05) is 42.5 Å². The van der Waals surface area contributed by atoms with E-state index >= 15 is 0 Å². The molecule has 24 heavy (non-hydrogen) atoms. The fourth-order valence-corrected chi connectivity index (χ4v) is 2.51. The first-order valence-corrected chi connectivity index (χ1v) is 7.56. The van der Waals surface area contributed by atoms with Crippen LogP contribution in [0.15, 0.2) is 54.9 Å². The molecular weight excluding hydrogens is 304 g/mol. The number of nitrogens with zero attached hydrogens (tertiary/aromatic N) is 2. The van der Waals surface area contributed by atoms with Gasteiger partial charge in [-0.05, 0) is 29.8 Å². The molecule has 0 amide bonds. The number of fused-ring (bicyclic) bond motifs is 1. The van der Waals surface area contributed by atoms with E-state index < -0.39 is 0 Å². The van der Waals surface area contributed by atoms with Crippen molar-refractivity contribution >= 4 is 17.3 Å². The third kappa shape index (κ3) is 2.81. The molecule has 0 atom stereocenters. The highest BCUT2D eigenvalue weighted by Crippen LogP contribution is 2.32. The van der Waals surface area contributed by atoms with Gasteiger partial charge in [0.25, 0.3) is 0 Å². The Morgan fingerprint density at radius 2 is 1.83 bits per heavy atom. The number of hydrogen-bond donors (Lipinski definition) is 2. The number of benzene rings is 2. The molecule has 6 heteroatoms. The van der Waals surface area contributed by atoms with Crippen LogP contribution in [0.4, 0.5) is 17.3 Å². The first kappa shape index (κ1) is 14.3. The van der Waals surface area contributed by atoms with Crippen LogP contribution in [-0.4, -0.2) is 23.8 Å². The normalized spacial score (nSPS) is 12.0. The summed E-state index contributed by atoms with van der Waals surface area (Å²) in [6, 6.07) is 13.7. The van der Waals surface area contributed by atoms with E-state index in [1.54, 1.807) is 19.5 Å². The van der Waals surface area contributed by atoms with Crippen molar-refractivity contribution in [3.63, 3.8) is 0 Å². The van der Waals surface area contributed by atoms with Crippen molar-refractivity contribution in [2.45, 2.75) is 0 Å². The topological polar surface area (TPSA) is 68.3 Å². The van der Waals surface area contributed by atoms with Gasteiger partial charge < -0.3 is 20.1 Å². The third-order valence-electron chi connectivity index (χ3n) is 3.80. The zero-order chi connectivity index (χ0) is 16.4. The summed E-state index contributed by atoms with van der Waals surface area (Å²) in [6.07, 6.45) is 3.59. The SMILES string of the molecule is COc1ccc(-c2cnc(Nc3ccc4c(c3)OCN4)nc2)cc1. The first-order valence-electron chi connectivity index (χ1n) is 7.56. The third-order valence-corrected chi connectivity index (χ3v) is 3.80. The van der Waals surface area contributed by atoms with Gasteiger partial charge in [0.1, 0.15) is 11.5 Å². The smallest absolute Gasteiger partial charge is 0.227 e. The second kappa shape index (κ2) is 6.08. The molecule has 2 N–H and O–H groups in total. The Balaban J connectivity index is 1.51. The van der Waals surface area contributed by atoms with Crippen LogP contribution in [0.5, 0.6) is 11.5 Å². The molecule has 1 aliphatic rings. The molecule has 6 nitrogen and oxygen atoms in total. The second-order valence-corrected chi connectivity index (χ2v) is 5.33. The zero-order valence-electron chi connectivity index (χ0n) is 13.1. The van der Waals surface area contributed by atoms with E-state index in [-0.39, 0.29) is 0 Å². The Hall–Kier alpha value is -3.28. The largest absolute Gasteiger partial charge is 0.497 e. The van der Waals surface area contributed by atoms with E-state index in [9.17, 15) is 0 Å². The van der Waals surface area contributed by atoms with E-state index in [0.29, 0.717) is 12.7 Å². The minimum absolute atomic E-state index is 0.506. The van der Waals surface area contributed by atoms with E-state index in [0.717, 1.165) is 34.0 Å². The van der Waals surface area contributed by atoms with E-state index in [2.05, 4.69) is 20.6 Å². The molecule has 0 saturated carbocycles. The highest BCUT2D eigenvalue weighted by molar-refractivity contribution is 5.68. The number of aromatic nitrogens is 2. The van der Waals surface area contributed by atoms with Crippen molar-refractivity contribution in [3.05, 3.63) is 54.9 Å². The molecule has 0 saturated heterocycles. The van der Waals surface area contributed by atoms with Gasteiger partial charge in [-0.25, -0.2) is 9.97 Å². The Labute approximate surface area is 139 Å². The molecule has 120 valence electrons. The Kier molecular flexibility index (Phi) is 3.63. The van der Waals surface area contributed by atoms with Gasteiger partial charge in [-0.15, -0.1) is 0 Å². The van der Waals surface area contributed by atoms with Crippen LogP contribution in [0.1, 0.15) is 0 Å². The van der Waals surface area contributed by atoms with E-state index in [1.165, 1.54) is 0 Å². The van der Waals surface area contributed by atoms with Crippen LogP contribution < -0.4 is 20.1 Å². The summed E-state index contributed by atoms with van der Waals surface area (Å²) in [5, 5.41) is 6.32. The summed E-state index contributed by atoms with van der Waals surface area (Å²) < 4.78 is 10.6. The summed E-state index contributed by atoms with van der Waals surface area (Å²) in [5.74, 6) is 2.19. The molecule has 0 unspecified atom stereocenters. The number of methoxy groups -OCH3 is 1. The molecule has 2 heterocycles. The predicted molar refractivity (Wildman–Crippen MR) is 92.9 cm³/mol. The predicted octanol–water partition coefficient (Wildman–Crippen LogP) is 3.66. The highest BCUT2D eigenvalue weighted by Gasteiger charge is 2.11. The molecule has 1 aliphatic heterocycles. The van der Waals surface area contributed by atoms with Crippen molar-refractivity contribution in [1.29, 1.82) is 0 Å². The lowest BCUT2D eigenvalue weighted by molar-refractivity contribution is 0.372. The monoisotopic (exact) mass is 320 g/mol. The van der Waals surface area contributed by atoms with Crippen molar-refractivity contribution in [2.24, 2.45) is 0 Å². The van der Waals surface area contributed by atoms with Crippen molar-refractivity contribution in [2.75, 3.05) is 24.5 Å². The van der Waals surface area contributed by atoms with Gasteiger partial charge >= 0.3 is 0 Å². The maximum atomic E-state index is 5.47. The van der Waals surface area contributed by atoms with Gasteiger partial charge in [-0.3, -0.25) is 0 Å². The number of rotatable bonds is 4. The molecule has 3 aromatic rings. The number of hydrogen-bond acceptors (Lipinski definition) is 6. The van der Waals surface area contributed by atoms with Gasteiger partial charge in [0.2, 0.25) is 5.95 Å². The quantitative estimate of drug-likeness (QED) is 0.764. The minimum atomic E-state index is 0.506. The van der Waals surface area contributed by atoms with Crippen LogP contribution >= 0.6 is 0 Å². The average molecular weight is 320 g/mol. The number of anilines is 3. The van der Waals surface area contributed by atoms with Crippen LogP contribution in [-0.2, 0) is 0 Å². The van der Waals surface area contributed by atoms with Gasteiger partial charge in [0.15, 0.2) is 6.73 Å². The fourth-order valence-electron chi connectivity index (χ4n) is 2.51. The summed E-state index contributed by atoms with van der Waals surface area (Å²) in [6.45, 7) is 0.506. The molecule has 0 spiro atoms. The minimum Gasteiger partial charge on any atom is -0.497 e. The van der Waals surface area contributed by atoms with Gasteiger partial charge in [0.05, 0.1) is 12.8 Å². The molecule has 1 aromatic heterocycles. The molecule has 2 aromatic carbocycles. The Bertz CT molecular complexity index is 848. The Morgan fingerprint density at radius 3 is 2.58 bits per heavy atom. The van der Waals surface area contributed by atoms with Crippen LogP contribution in [0, 0.1) is 0 Å². The van der Waals surface area contributed by atoms with Crippen LogP contribution in [0.3, 0.4) is 0 Å². The first-order chi connectivity index (χ1) is 11.8. The molecule has 0 fully saturated rings. The average Bonchev–Trinajstić information content (AvgIpc) is 3.10. The van der Waals surface area contributed by atoms with Crippen molar-refractivity contribution < 1.29 is 9.47 Å². The maximum absolute atomic E-state index is 5.47. The Morgan fingerprint density at radius 1 is 1.04 bits per heavy atom. The van der Waals surface area contributed by atoms with Crippen molar-refractivity contribution in [1.82, 2.24) is 9.97 Å². The second-order valence-electron chi connectivity index (χ2n) is 5.33. The maximum Gasteiger partial charge on any atom is 0.227 e. The summed E-state index contributed by atoms with van der Waals surface area (Å²) in [4.78, 5) is 8.75. The molecule has 0 bridgehead atoms. The zero-order valence-corrected chi connectivity index (χ0v) is 13.1. The van der Waals surface area contributed by atoms with Gasteiger partial charge in [-0.2, -0.15) is 0 Å². The highest BCUT2D eigenvalue weighted by atomic mass is 16.5. The standard InChI is InChI=1S/C18H16N4O2/c1-23-15-5-2-12(3-6-15)13-9-19-18(20-10-13)22-14-4-7-16-17(8-14)24-11-21-16/h2-10,21H,11H2,1H3,(H,19,20,22). The molecular formula is C18H16N4O2. The van der Waals surface area contributed by atoms with Crippen molar-refractivity contribution in [3.8, 4) is 22.6 Å².